The summed E-state index contributed by atoms with van der Waals surface area (Å²) in [5.41, 5.74) is 0.761. The van der Waals surface area contributed by atoms with E-state index in [-0.39, 0.29) is 23.3 Å². The van der Waals surface area contributed by atoms with Gasteiger partial charge < -0.3 is 34.1 Å². The highest BCUT2D eigenvalue weighted by molar-refractivity contribution is 7.83. The van der Waals surface area contributed by atoms with Gasteiger partial charge in [-0.25, -0.2) is 0 Å². The van der Waals surface area contributed by atoms with E-state index in [4.69, 9.17) is 4.52 Å². The highest BCUT2D eigenvalue weighted by atomic mass is 31.3. The van der Waals surface area contributed by atoms with Crippen molar-refractivity contribution in [1.29, 1.82) is 0 Å². The first-order valence-corrected chi connectivity index (χ1v) is 11.5. The molecule has 6 N–H and O–H groups in total. The minimum atomic E-state index is -2.84. The normalized spacial score (nSPS) is 14.2. The minimum Gasteiger partial charge on any atom is -0.508 e. The second kappa shape index (κ2) is 8.73. The Morgan fingerprint density at radius 3 is 1.92 bits per heavy atom. The Balaban J connectivity index is 3.31. The maximum atomic E-state index is 10.5. The van der Waals surface area contributed by atoms with E-state index in [9.17, 15) is 29.6 Å². The van der Waals surface area contributed by atoms with Crippen LogP contribution in [0.5, 0.6) is 11.5 Å². The average molecular weight is 412 g/mol. The molecule has 0 aliphatic carbocycles. The fourth-order valence-corrected chi connectivity index (χ4v) is 6.30. The summed E-state index contributed by atoms with van der Waals surface area (Å²) in [5.74, 6) is 0.350. The van der Waals surface area contributed by atoms with Gasteiger partial charge in [0.1, 0.15) is 11.5 Å². The number of phenolic OH excluding ortho intramolecular Hbond substituents is 1. The van der Waals surface area contributed by atoms with Crippen molar-refractivity contribution >= 4 is 25.1 Å². The molecule has 0 saturated carbocycles. The maximum Gasteiger partial charge on any atom is 0.252 e. The van der Waals surface area contributed by atoms with Crippen LogP contribution in [0.15, 0.2) is 12.1 Å². The summed E-state index contributed by atoms with van der Waals surface area (Å²) < 4.78 is 3.69. The van der Waals surface area contributed by atoms with Gasteiger partial charge >= 0.3 is 0 Å². The standard InChI is InChI=1S/C15H27O7P3/c1-6-7-15(23(17)18,24(19)20)25(21)22-13-9-11(14(3,4)5)12(16)8-10(13)2/h8-9,16-21H,6-7H2,1-5H3. The maximum absolute atomic E-state index is 10.5. The van der Waals surface area contributed by atoms with Crippen molar-refractivity contribution in [1.82, 2.24) is 0 Å². The molecular weight excluding hydrogens is 385 g/mol. The molecule has 1 unspecified atom stereocenters. The first-order valence-electron chi connectivity index (χ1n) is 7.75. The van der Waals surface area contributed by atoms with Crippen molar-refractivity contribution in [3.05, 3.63) is 23.3 Å². The molecule has 0 fully saturated rings. The summed E-state index contributed by atoms with van der Waals surface area (Å²) in [4.78, 5) is 49.6. The molecule has 1 aromatic rings. The van der Waals surface area contributed by atoms with E-state index in [1.54, 1.807) is 19.9 Å². The Morgan fingerprint density at radius 2 is 1.52 bits per heavy atom. The predicted molar refractivity (Wildman–Crippen MR) is 102 cm³/mol. The van der Waals surface area contributed by atoms with Gasteiger partial charge in [-0.3, -0.25) is 0 Å². The number of phenols is 1. The largest absolute Gasteiger partial charge is 0.508 e. The number of rotatable bonds is 7. The number of aromatic hydroxyl groups is 1. The smallest absolute Gasteiger partial charge is 0.252 e. The van der Waals surface area contributed by atoms with Crippen molar-refractivity contribution in [2.24, 2.45) is 0 Å². The first-order chi connectivity index (χ1) is 11.4. The lowest BCUT2D eigenvalue weighted by atomic mass is 9.85. The lowest BCUT2D eigenvalue weighted by molar-refractivity contribution is 0.403. The van der Waals surface area contributed by atoms with Crippen LogP contribution in [-0.4, -0.2) is 34.2 Å². The molecule has 7 nitrogen and oxygen atoms in total. The van der Waals surface area contributed by atoms with Crippen molar-refractivity contribution in [2.75, 3.05) is 0 Å². The molecule has 0 aliphatic rings. The van der Waals surface area contributed by atoms with Crippen molar-refractivity contribution < 1.29 is 34.1 Å². The lowest BCUT2D eigenvalue weighted by Crippen LogP contribution is -2.24. The molecule has 0 amide bonds. The van der Waals surface area contributed by atoms with E-state index in [0.29, 0.717) is 17.5 Å². The molecule has 0 aliphatic heterocycles. The lowest BCUT2D eigenvalue weighted by Gasteiger charge is -2.37. The summed E-state index contributed by atoms with van der Waals surface area (Å²) in [6, 6.07) is 3.09. The van der Waals surface area contributed by atoms with Gasteiger partial charge in [0.2, 0.25) is 0 Å². The fraction of sp³-hybridized carbons (Fsp3) is 0.600. The van der Waals surface area contributed by atoms with Gasteiger partial charge in [-0.05, 0) is 36.5 Å². The molecule has 0 spiro atoms. The van der Waals surface area contributed by atoms with Gasteiger partial charge in [-0.15, -0.1) is 0 Å². The topological polar surface area (TPSA) is 131 Å². The number of hydrogen-bond donors (Lipinski definition) is 6. The van der Waals surface area contributed by atoms with Crippen molar-refractivity contribution in [2.45, 2.75) is 57.5 Å². The van der Waals surface area contributed by atoms with Crippen LogP contribution in [0.4, 0.5) is 0 Å². The highest BCUT2D eigenvalue weighted by Gasteiger charge is 2.54. The number of aryl methyl sites for hydroxylation is 1. The SMILES string of the molecule is CCCC(P(O)O)(P(O)O)P(O)Oc1cc(C(C)(C)C)c(O)cc1C. The van der Waals surface area contributed by atoms with Crippen LogP contribution in [-0.2, 0) is 5.41 Å². The van der Waals surface area contributed by atoms with Crippen LogP contribution < -0.4 is 4.52 Å². The van der Waals surface area contributed by atoms with E-state index in [0.717, 1.165) is 0 Å². The summed E-state index contributed by atoms with van der Waals surface area (Å²) in [6.07, 6.45) is 0.403. The Bertz CT molecular complexity index is 579. The van der Waals surface area contributed by atoms with Gasteiger partial charge in [0.05, 0.1) is 0 Å². The van der Waals surface area contributed by atoms with E-state index < -0.39 is 29.8 Å². The van der Waals surface area contributed by atoms with Crippen molar-refractivity contribution in [3.63, 3.8) is 0 Å². The molecule has 1 aromatic carbocycles. The summed E-state index contributed by atoms with van der Waals surface area (Å²) in [6.45, 7) is 9.13. The van der Waals surface area contributed by atoms with Gasteiger partial charge in [0.25, 0.3) is 8.38 Å². The zero-order chi connectivity index (χ0) is 19.6. The molecule has 144 valence electrons. The summed E-state index contributed by atoms with van der Waals surface area (Å²) in [7, 11) is -8.27. The predicted octanol–water partition coefficient (Wildman–Crippen LogP) is 3.73. The van der Waals surface area contributed by atoms with Crippen LogP contribution >= 0.6 is 25.1 Å². The molecule has 0 radical (unpaired) electrons. The van der Waals surface area contributed by atoms with E-state index in [1.807, 2.05) is 20.8 Å². The Hall–Kier alpha value is -0.0900. The quantitative estimate of drug-likeness (QED) is 0.376. The molecular formula is C15H27O7P3. The molecule has 10 heteroatoms. The number of benzene rings is 1. The van der Waals surface area contributed by atoms with Gasteiger partial charge in [0, 0.05) is 5.56 Å². The highest BCUT2D eigenvalue weighted by Crippen LogP contribution is 2.76. The summed E-state index contributed by atoms with van der Waals surface area (Å²) in [5, 5.41) is 10.1. The van der Waals surface area contributed by atoms with Gasteiger partial charge in [-0.1, -0.05) is 34.1 Å². The minimum absolute atomic E-state index is 0.00410. The number of hydrogen-bond acceptors (Lipinski definition) is 7. The van der Waals surface area contributed by atoms with Gasteiger partial charge in [-0.2, -0.15) is 0 Å². The molecule has 1 rings (SSSR count). The first kappa shape index (κ1) is 23.0. The molecule has 0 saturated heterocycles. The van der Waals surface area contributed by atoms with Crippen molar-refractivity contribution in [3.8, 4) is 11.5 Å². The zero-order valence-electron chi connectivity index (χ0n) is 15.0. The van der Waals surface area contributed by atoms with Crippen LogP contribution in [0, 0.1) is 6.92 Å². The fourth-order valence-electron chi connectivity index (χ4n) is 2.40. The molecule has 0 bridgehead atoms. The van der Waals surface area contributed by atoms with E-state index in [1.165, 1.54) is 6.07 Å². The molecule has 1 atom stereocenters. The van der Waals surface area contributed by atoms with Crippen LogP contribution in [0.25, 0.3) is 0 Å². The Morgan fingerprint density at radius 1 is 1.00 bits per heavy atom. The van der Waals surface area contributed by atoms with Gasteiger partial charge in [0.15, 0.2) is 21.4 Å². The zero-order valence-corrected chi connectivity index (χ0v) is 17.7. The summed E-state index contributed by atoms with van der Waals surface area (Å²) >= 11 is 0. The third kappa shape index (κ3) is 5.00. The Kier molecular flexibility index (Phi) is 8.02. The average Bonchev–Trinajstić information content (AvgIpc) is 2.45. The molecule has 25 heavy (non-hydrogen) atoms. The van der Waals surface area contributed by atoms with Crippen LogP contribution in [0.1, 0.15) is 51.7 Å². The van der Waals surface area contributed by atoms with E-state index in [2.05, 4.69) is 0 Å². The van der Waals surface area contributed by atoms with Crippen LogP contribution in [0.2, 0.25) is 0 Å². The second-order valence-corrected chi connectivity index (χ2v) is 12.1. The molecule has 0 heterocycles. The Labute approximate surface area is 152 Å². The third-order valence-corrected chi connectivity index (χ3v) is 9.93. The van der Waals surface area contributed by atoms with E-state index >= 15 is 0 Å². The van der Waals surface area contributed by atoms with Crippen LogP contribution in [0.3, 0.4) is 0 Å². The third-order valence-electron chi connectivity index (χ3n) is 3.82. The monoisotopic (exact) mass is 412 g/mol. The molecule has 0 aromatic heterocycles. The second-order valence-electron chi connectivity index (χ2n) is 6.85.